The number of rotatable bonds is 5. The molecule has 2 rings (SSSR count). The van der Waals surface area contributed by atoms with Crippen molar-refractivity contribution in [2.75, 3.05) is 20.2 Å². The summed E-state index contributed by atoms with van der Waals surface area (Å²) < 4.78 is 5.11. The minimum atomic E-state index is -0.812. The second kappa shape index (κ2) is 6.61. The summed E-state index contributed by atoms with van der Waals surface area (Å²) in [5, 5.41) is 8.97. The van der Waals surface area contributed by atoms with E-state index in [1.807, 2.05) is 31.2 Å². The molecule has 1 N–H and O–H groups in total. The van der Waals surface area contributed by atoms with Crippen molar-refractivity contribution in [2.45, 2.75) is 25.7 Å². The summed E-state index contributed by atoms with van der Waals surface area (Å²) in [6, 6.07) is 7.68. The number of carbonyl (C=O) groups excluding carboxylic acids is 1. The van der Waals surface area contributed by atoms with Crippen molar-refractivity contribution in [1.82, 2.24) is 4.90 Å². The fourth-order valence-electron chi connectivity index (χ4n) is 2.63. The minimum Gasteiger partial charge on any atom is -0.497 e. The fraction of sp³-hybridized carbons (Fsp3) is 0.500. The zero-order valence-electron chi connectivity index (χ0n) is 12.4. The first kappa shape index (κ1) is 15.4. The summed E-state index contributed by atoms with van der Waals surface area (Å²) in [5.74, 6) is -0.297. The Balaban J connectivity index is 1.91. The summed E-state index contributed by atoms with van der Waals surface area (Å²) >= 11 is 0. The number of amides is 1. The monoisotopic (exact) mass is 291 g/mol. The van der Waals surface area contributed by atoms with Gasteiger partial charge in [-0.3, -0.25) is 9.59 Å². The second-order valence-electron chi connectivity index (χ2n) is 5.54. The van der Waals surface area contributed by atoms with Crippen molar-refractivity contribution < 1.29 is 19.4 Å². The Hall–Kier alpha value is -2.04. The van der Waals surface area contributed by atoms with Crippen LogP contribution in [0.1, 0.15) is 31.2 Å². The largest absolute Gasteiger partial charge is 0.497 e. The maximum absolute atomic E-state index is 12.2. The predicted octanol–water partition coefficient (Wildman–Crippen LogP) is 2.12. The van der Waals surface area contributed by atoms with Gasteiger partial charge in [-0.2, -0.15) is 0 Å². The predicted molar refractivity (Wildman–Crippen MR) is 78.3 cm³/mol. The second-order valence-corrected chi connectivity index (χ2v) is 5.54. The van der Waals surface area contributed by atoms with Crippen LogP contribution in [0.5, 0.6) is 5.75 Å². The average Bonchev–Trinajstić information content (AvgIpc) is 2.97. The third kappa shape index (κ3) is 3.74. The van der Waals surface area contributed by atoms with Gasteiger partial charge in [0.1, 0.15) is 5.75 Å². The van der Waals surface area contributed by atoms with Gasteiger partial charge in [0.25, 0.3) is 0 Å². The molecular formula is C16H21NO4. The molecule has 5 nitrogen and oxygen atoms in total. The van der Waals surface area contributed by atoms with Gasteiger partial charge in [0, 0.05) is 19.5 Å². The number of carbonyl (C=O) groups is 2. The highest BCUT2D eigenvalue weighted by Gasteiger charge is 2.31. The first-order chi connectivity index (χ1) is 10.0. The summed E-state index contributed by atoms with van der Waals surface area (Å²) in [6.45, 7) is 2.89. The standard InChI is InChI=1S/C16H21NO4/c1-11(12-3-5-14(21-2)6-4-12)9-15(18)17-8-7-13(10-17)16(19)20/h3-6,11,13H,7-10H2,1-2H3,(H,19,20)/t11-,13+/m0/s1. The molecule has 0 unspecified atom stereocenters. The number of hydrogen-bond donors (Lipinski definition) is 1. The van der Waals surface area contributed by atoms with Crippen LogP contribution in [0.3, 0.4) is 0 Å². The van der Waals surface area contributed by atoms with E-state index in [0.717, 1.165) is 11.3 Å². The van der Waals surface area contributed by atoms with Gasteiger partial charge in [-0.15, -0.1) is 0 Å². The Kier molecular flexibility index (Phi) is 4.83. The number of benzene rings is 1. The molecule has 1 saturated heterocycles. The van der Waals surface area contributed by atoms with E-state index in [1.165, 1.54) is 0 Å². The van der Waals surface area contributed by atoms with Crippen molar-refractivity contribution in [1.29, 1.82) is 0 Å². The Morgan fingerprint density at radius 1 is 1.38 bits per heavy atom. The molecule has 5 heteroatoms. The Bertz CT molecular complexity index is 512. The first-order valence-corrected chi connectivity index (χ1v) is 7.15. The number of ether oxygens (including phenoxy) is 1. The van der Waals surface area contributed by atoms with Gasteiger partial charge in [0.15, 0.2) is 0 Å². The van der Waals surface area contributed by atoms with Gasteiger partial charge in [0.2, 0.25) is 5.91 Å². The van der Waals surface area contributed by atoms with Crippen LogP contribution in [-0.4, -0.2) is 42.1 Å². The fourth-order valence-corrected chi connectivity index (χ4v) is 2.63. The number of likely N-dealkylation sites (tertiary alicyclic amines) is 1. The SMILES string of the molecule is COc1ccc([C@@H](C)CC(=O)N2CC[C@@H](C(=O)O)C2)cc1. The Morgan fingerprint density at radius 2 is 2.05 bits per heavy atom. The van der Waals surface area contributed by atoms with E-state index in [2.05, 4.69) is 0 Å². The van der Waals surface area contributed by atoms with Crippen molar-refractivity contribution in [3.63, 3.8) is 0 Å². The topological polar surface area (TPSA) is 66.8 Å². The molecule has 1 fully saturated rings. The van der Waals surface area contributed by atoms with E-state index >= 15 is 0 Å². The highest BCUT2D eigenvalue weighted by atomic mass is 16.5. The van der Waals surface area contributed by atoms with Gasteiger partial charge >= 0.3 is 5.97 Å². The maximum Gasteiger partial charge on any atom is 0.308 e. The van der Waals surface area contributed by atoms with E-state index in [4.69, 9.17) is 9.84 Å². The normalized spacial score (nSPS) is 19.3. The average molecular weight is 291 g/mol. The van der Waals surface area contributed by atoms with E-state index in [9.17, 15) is 9.59 Å². The van der Waals surface area contributed by atoms with Gasteiger partial charge in [-0.1, -0.05) is 19.1 Å². The molecule has 2 atom stereocenters. The van der Waals surface area contributed by atoms with E-state index in [1.54, 1.807) is 12.0 Å². The number of hydrogen-bond acceptors (Lipinski definition) is 3. The molecule has 1 heterocycles. The van der Waals surface area contributed by atoms with Crippen LogP contribution in [0.15, 0.2) is 24.3 Å². The molecule has 0 bridgehead atoms. The van der Waals surface area contributed by atoms with Crippen molar-refractivity contribution >= 4 is 11.9 Å². The summed E-state index contributed by atoms with van der Waals surface area (Å²) in [7, 11) is 1.62. The van der Waals surface area contributed by atoms with Gasteiger partial charge in [-0.25, -0.2) is 0 Å². The molecule has 1 aliphatic rings. The Morgan fingerprint density at radius 3 is 2.57 bits per heavy atom. The molecular weight excluding hydrogens is 270 g/mol. The number of carboxylic acids is 1. The van der Waals surface area contributed by atoms with Crippen LogP contribution in [0.25, 0.3) is 0 Å². The lowest BCUT2D eigenvalue weighted by molar-refractivity contribution is -0.141. The van der Waals surface area contributed by atoms with Crippen LogP contribution >= 0.6 is 0 Å². The van der Waals surface area contributed by atoms with Crippen molar-refractivity contribution in [3.8, 4) is 5.75 Å². The lowest BCUT2D eigenvalue weighted by atomic mass is 9.97. The smallest absolute Gasteiger partial charge is 0.308 e. The molecule has 1 aromatic carbocycles. The third-order valence-corrected chi connectivity index (χ3v) is 4.06. The van der Waals surface area contributed by atoms with Gasteiger partial charge in [-0.05, 0) is 30.0 Å². The number of nitrogens with zero attached hydrogens (tertiary/aromatic N) is 1. The summed E-state index contributed by atoms with van der Waals surface area (Å²) in [5.41, 5.74) is 1.08. The number of carboxylic acid groups (broad SMARTS) is 1. The number of aliphatic carboxylic acids is 1. The molecule has 1 amide bonds. The van der Waals surface area contributed by atoms with Crippen LogP contribution in [-0.2, 0) is 9.59 Å². The molecule has 0 radical (unpaired) electrons. The molecule has 1 aromatic rings. The van der Waals surface area contributed by atoms with Crippen molar-refractivity contribution in [3.05, 3.63) is 29.8 Å². The molecule has 0 aliphatic carbocycles. The minimum absolute atomic E-state index is 0.0297. The van der Waals surface area contributed by atoms with E-state index < -0.39 is 11.9 Å². The van der Waals surface area contributed by atoms with Crippen LogP contribution in [0.4, 0.5) is 0 Å². The van der Waals surface area contributed by atoms with Gasteiger partial charge in [0.05, 0.1) is 13.0 Å². The van der Waals surface area contributed by atoms with Crippen LogP contribution in [0.2, 0.25) is 0 Å². The molecule has 0 aromatic heterocycles. The van der Waals surface area contributed by atoms with Crippen LogP contribution < -0.4 is 4.74 Å². The lowest BCUT2D eigenvalue weighted by Gasteiger charge is -2.19. The molecule has 0 saturated carbocycles. The highest BCUT2D eigenvalue weighted by molar-refractivity contribution is 5.79. The zero-order chi connectivity index (χ0) is 15.4. The third-order valence-electron chi connectivity index (χ3n) is 4.06. The van der Waals surface area contributed by atoms with Crippen LogP contribution in [0, 0.1) is 5.92 Å². The summed E-state index contributed by atoms with van der Waals surface area (Å²) in [6.07, 6.45) is 0.955. The van der Waals surface area contributed by atoms with E-state index in [0.29, 0.717) is 25.9 Å². The Labute approximate surface area is 124 Å². The molecule has 21 heavy (non-hydrogen) atoms. The molecule has 0 spiro atoms. The molecule has 114 valence electrons. The lowest BCUT2D eigenvalue weighted by Crippen LogP contribution is -2.30. The quantitative estimate of drug-likeness (QED) is 0.902. The maximum atomic E-state index is 12.2. The highest BCUT2D eigenvalue weighted by Crippen LogP contribution is 2.24. The number of methoxy groups -OCH3 is 1. The first-order valence-electron chi connectivity index (χ1n) is 7.15. The molecule has 1 aliphatic heterocycles. The zero-order valence-corrected chi connectivity index (χ0v) is 12.4. The van der Waals surface area contributed by atoms with Gasteiger partial charge < -0.3 is 14.7 Å². The summed E-state index contributed by atoms with van der Waals surface area (Å²) in [4.78, 5) is 24.8. The van der Waals surface area contributed by atoms with E-state index in [-0.39, 0.29) is 11.8 Å². The van der Waals surface area contributed by atoms with Crippen molar-refractivity contribution in [2.24, 2.45) is 5.92 Å².